The molecule has 3 aromatic carbocycles. The summed E-state index contributed by atoms with van der Waals surface area (Å²) in [5.41, 5.74) is 4.75. The summed E-state index contributed by atoms with van der Waals surface area (Å²) < 4.78 is 10.7. The molecule has 0 aromatic heterocycles. The van der Waals surface area contributed by atoms with E-state index in [-0.39, 0.29) is 5.91 Å². The molecular weight excluding hydrogens is 440 g/mol. The maximum absolute atomic E-state index is 13.3. The Balaban J connectivity index is 1.59. The Labute approximate surface area is 207 Å². The molecule has 0 saturated carbocycles. The molecule has 1 saturated heterocycles. The third-order valence-corrected chi connectivity index (χ3v) is 6.01. The molecular formula is C28H32N4O3. The summed E-state index contributed by atoms with van der Waals surface area (Å²) in [6, 6.07) is 21.7. The number of piperazine rings is 1. The molecule has 1 fully saturated rings. The van der Waals surface area contributed by atoms with E-state index in [1.165, 1.54) is 5.69 Å². The Hall–Kier alpha value is -4.00. The van der Waals surface area contributed by atoms with Gasteiger partial charge in [-0.25, -0.2) is 4.99 Å². The van der Waals surface area contributed by atoms with Crippen molar-refractivity contribution < 1.29 is 14.3 Å². The van der Waals surface area contributed by atoms with Crippen LogP contribution >= 0.6 is 0 Å². The van der Waals surface area contributed by atoms with Crippen LogP contribution in [0.15, 0.2) is 71.7 Å². The lowest BCUT2D eigenvalue weighted by Gasteiger charge is -2.37. The van der Waals surface area contributed by atoms with Crippen LogP contribution in [0.2, 0.25) is 0 Å². The van der Waals surface area contributed by atoms with E-state index in [0.29, 0.717) is 23.0 Å². The lowest BCUT2D eigenvalue weighted by atomic mass is 10.1. The summed E-state index contributed by atoms with van der Waals surface area (Å²) >= 11 is 0. The van der Waals surface area contributed by atoms with Crippen molar-refractivity contribution in [3.63, 3.8) is 0 Å². The number of carbonyl (C=O) groups is 1. The molecule has 1 amide bonds. The number of para-hydroxylation sites is 1. The van der Waals surface area contributed by atoms with Crippen molar-refractivity contribution in [3.8, 4) is 11.5 Å². The molecule has 0 atom stereocenters. The van der Waals surface area contributed by atoms with Gasteiger partial charge in [0.15, 0.2) is 11.5 Å². The molecule has 1 aliphatic rings. The monoisotopic (exact) mass is 472 g/mol. The van der Waals surface area contributed by atoms with Crippen molar-refractivity contribution in [2.75, 3.05) is 45.3 Å². The largest absolute Gasteiger partial charge is 0.493 e. The minimum Gasteiger partial charge on any atom is -0.493 e. The topological polar surface area (TPSA) is 66.4 Å². The lowest BCUT2D eigenvalue weighted by Crippen LogP contribution is -2.53. The van der Waals surface area contributed by atoms with Crippen LogP contribution in [-0.4, -0.2) is 57.2 Å². The fraction of sp³-hybridized carbons (Fsp3) is 0.286. The van der Waals surface area contributed by atoms with Gasteiger partial charge in [-0.1, -0.05) is 24.3 Å². The highest BCUT2D eigenvalue weighted by Crippen LogP contribution is 2.27. The number of aliphatic imine (C=N–C) groups is 1. The predicted molar refractivity (Wildman–Crippen MR) is 140 cm³/mol. The van der Waals surface area contributed by atoms with Gasteiger partial charge in [-0.2, -0.15) is 0 Å². The highest BCUT2D eigenvalue weighted by atomic mass is 16.5. The van der Waals surface area contributed by atoms with E-state index in [9.17, 15) is 4.79 Å². The van der Waals surface area contributed by atoms with Crippen LogP contribution in [0.5, 0.6) is 11.5 Å². The molecule has 0 bridgehead atoms. The highest BCUT2D eigenvalue weighted by Gasteiger charge is 2.22. The summed E-state index contributed by atoms with van der Waals surface area (Å²) in [6.45, 7) is 7.25. The zero-order valence-electron chi connectivity index (χ0n) is 20.7. The zero-order valence-corrected chi connectivity index (χ0v) is 20.7. The number of guanidine groups is 1. The van der Waals surface area contributed by atoms with Gasteiger partial charge >= 0.3 is 0 Å². The van der Waals surface area contributed by atoms with Crippen LogP contribution in [0, 0.1) is 13.8 Å². The Bertz CT molecular complexity index is 1180. The van der Waals surface area contributed by atoms with Crippen LogP contribution in [-0.2, 0) is 0 Å². The first-order valence-corrected chi connectivity index (χ1v) is 11.7. The van der Waals surface area contributed by atoms with E-state index < -0.39 is 0 Å². The molecule has 1 aliphatic heterocycles. The number of aryl methyl sites for hydroxylation is 2. The standard InChI is InChI=1S/C28H32N4O3/c1-20-16-21(2)18-23(17-20)29-28(30-27(33)22-10-11-25(34-3)26(19-22)35-4)32-14-12-31(13-15-32)24-8-6-5-7-9-24/h5-11,16-19H,12-15H2,1-4H3,(H,29,30,33). The second-order valence-electron chi connectivity index (χ2n) is 8.61. The molecule has 4 rings (SSSR count). The lowest BCUT2D eigenvalue weighted by molar-refractivity contribution is 0.0971. The minimum absolute atomic E-state index is 0.250. The number of hydrogen-bond donors (Lipinski definition) is 1. The van der Waals surface area contributed by atoms with E-state index in [1.807, 2.05) is 32.0 Å². The van der Waals surface area contributed by atoms with Crippen molar-refractivity contribution in [1.29, 1.82) is 0 Å². The second-order valence-corrected chi connectivity index (χ2v) is 8.61. The van der Waals surface area contributed by atoms with Gasteiger partial charge in [-0.15, -0.1) is 0 Å². The Morgan fingerprint density at radius 3 is 2.11 bits per heavy atom. The van der Waals surface area contributed by atoms with Crippen molar-refractivity contribution in [2.45, 2.75) is 13.8 Å². The van der Waals surface area contributed by atoms with Gasteiger partial charge in [0.25, 0.3) is 5.91 Å². The summed E-state index contributed by atoms with van der Waals surface area (Å²) in [7, 11) is 3.12. The number of amides is 1. The average Bonchev–Trinajstić information content (AvgIpc) is 2.88. The van der Waals surface area contributed by atoms with E-state index >= 15 is 0 Å². The average molecular weight is 473 g/mol. The second kappa shape index (κ2) is 11.0. The number of ether oxygens (including phenoxy) is 2. The number of nitrogens with one attached hydrogen (secondary N) is 1. The molecule has 0 spiro atoms. The smallest absolute Gasteiger partial charge is 0.258 e. The van der Waals surface area contributed by atoms with Crippen LogP contribution in [0.4, 0.5) is 11.4 Å². The van der Waals surface area contributed by atoms with Crippen LogP contribution in [0.1, 0.15) is 21.5 Å². The molecule has 7 heteroatoms. The molecule has 35 heavy (non-hydrogen) atoms. The van der Waals surface area contributed by atoms with E-state index in [1.54, 1.807) is 32.4 Å². The van der Waals surface area contributed by atoms with Gasteiger partial charge in [0, 0.05) is 37.4 Å². The number of carbonyl (C=O) groups excluding carboxylic acids is 1. The van der Waals surface area contributed by atoms with Gasteiger partial charge in [-0.05, 0) is 67.4 Å². The van der Waals surface area contributed by atoms with Crippen molar-refractivity contribution in [2.24, 2.45) is 4.99 Å². The normalized spacial score (nSPS) is 14.0. The molecule has 0 aliphatic carbocycles. The number of methoxy groups -OCH3 is 2. The summed E-state index contributed by atoms with van der Waals surface area (Å²) in [6.07, 6.45) is 0. The number of rotatable bonds is 5. The molecule has 0 radical (unpaired) electrons. The number of hydrogen-bond acceptors (Lipinski definition) is 5. The van der Waals surface area contributed by atoms with Crippen LogP contribution in [0.3, 0.4) is 0 Å². The molecule has 1 N–H and O–H groups in total. The molecule has 0 unspecified atom stereocenters. The van der Waals surface area contributed by atoms with Gasteiger partial charge in [0.2, 0.25) is 5.96 Å². The minimum atomic E-state index is -0.250. The molecule has 3 aromatic rings. The molecule has 7 nitrogen and oxygen atoms in total. The van der Waals surface area contributed by atoms with Crippen molar-refractivity contribution in [1.82, 2.24) is 10.2 Å². The van der Waals surface area contributed by atoms with Crippen molar-refractivity contribution in [3.05, 3.63) is 83.4 Å². The number of nitrogens with zero attached hydrogens (tertiary/aromatic N) is 3. The van der Waals surface area contributed by atoms with Crippen LogP contribution in [0.25, 0.3) is 0 Å². The van der Waals surface area contributed by atoms with Gasteiger partial charge < -0.3 is 19.3 Å². The van der Waals surface area contributed by atoms with Gasteiger partial charge in [0.05, 0.1) is 19.9 Å². The van der Waals surface area contributed by atoms with E-state index in [4.69, 9.17) is 14.5 Å². The Morgan fingerprint density at radius 2 is 1.49 bits per heavy atom. The highest BCUT2D eigenvalue weighted by molar-refractivity contribution is 6.06. The predicted octanol–water partition coefficient (Wildman–Crippen LogP) is 4.56. The fourth-order valence-electron chi connectivity index (χ4n) is 4.28. The third-order valence-electron chi connectivity index (χ3n) is 6.01. The SMILES string of the molecule is COc1ccc(C(=O)NC(=Nc2cc(C)cc(C)c2)N2CCN(c3ccccc3)CC2)cc1OC. The van der Waals surface area contributed by atoms with Gasteiger partial charge in [0.1, 0.15) is 0 Å². The molecule has 1 heterocycles. The maximum atomic E-state index is 13.3. The number of benzene rings is 3. The fourth-order valence-corrected chi connectivity index (χ4v) is 4.28. The van der Waals surface area contributed by atoms with Gasteiger partial charge in [-0.3, -0.25) is 10.1 Å². The molecule has 182 valence electrons. The number of anilines is 1. The first kappa shape index (κ1) is 24.1. The first-order chi connectivity index (χ1) is 17.0. The van der Waals surface area contributed by atoms with Crippen molar-refractivity contribution >= 4 is 23.2 Å². The first-order valence-electron chi connectivity index (χ1n) is 11.7. The van der Waals surface area contributed by atoms with Crippen LogP contribution < -0.4 is 19.7 Å². The Kier molecular flexibility index (Phi) is 7.55. The zero-order chi connectivity index (χ0) is 24.8. The van der Waals surface area contributed by atoms with E-state index in [2.05, 4.69) is 45.4 Å². The summed E-state index contributed by atoms with van der Waals surface area (Å²) in [5.74, 6) is 1.37. The summed E-state index contributed by atoms with van der Waals surface area (Å²) in [5, 5.41) is 3.06. The quantitative estimate of drug-likeness (QED) is 0.436. The third kappa shape index (κ3) is 5.93. The Morgan fingerprint density at radius 1 is 0.829 bits per heavy atom. The summed E-state index contributed by atoms with van der Waals surface area (Å²) in [4.78, 5) is 22.6. The van der Waals surface area contributed by atoms with E-state index in [0.717, 1.165) is 43.0 Å². The maximum Gasteiger partial charge on any atom is 0.258 e.